The number of hydrogen-bond donors (Lipinski definition) is 1. The molecule has 1 aromatic rings. The minimum atomic E-state index is -3.63. The summed E-state index contributed by atoms with van der Waals surface area (Å²) in [6, 6.07) is 5.37. The predicted molar refractivity (Wildman–Crippen MR) is 77.4 cm³/mol. The Kier molecular flexibility index (Phi) is 4.32. The summed E-state index contributed by atoms with van der Waals surface area (Å²) >= 11 is 4.38. The number of piperidine rings is 1. The fourth-order valence-corrected chi connectivity index (χ4v) is 5.37. The van der Waals surface area contributed by atoms with Crippen LogP contribution in [0.3, 0.4) is 0 Å². The zero-order valence-corrected chi connectivity index (χ0v) is 13.6. The van der Waals surface area contributed by atoms with E-state index < -0.39 is 15.6 Å². The summed E-state index contributed by atoms with van der Waals surface area (Å²) in [5.41, 5.74) is -0.984. The quantitative estimate of drug-likeness (QED) is 0.887. The van der Waals surface area contributed by atoms with E-state index in [1.807, 2.05) is 7.05 Å². The predicted octanol–water partition coefficient (Wildman–Crippen LogP) is 1.78. The molecule has 1 aliphatic heterocycles. The van der Waals surface area contributed by atoms with E-state index in [2.05, 4.69) is 31.6 Å². The first kappa shape index (κ1) is 14.9. The summed E-state index contributed by atoms with van der Waals surface area (Å²) in [6.07, 6.45) is 1.01. The Morgan fingerprint density at radius 2 is 2.11 bits per heavy atom. The molecule has 0 aliphatic carbocycles. The molecule has 0 saturated carbocycles. The van der Waals surface area contributed by atoms with E-state index in [1.54, 1.807) is 6.07 Å². The van der Waals surface area contributed by atoms with Gasteiger partial charge in [0.25, 0.3) is 10.0 Å². The summed E-state index contributed by atoms with van der Waals surface area (Å²) in [5, 5.41) is 9.34. The maximum atomic E-state index is 12.3. The Bertz CT molecular complexity index is 598. The van der Waals surface area contributed by atoms with Crippen molar-refractivity contribution in [3.63, 3.8) is 0 Å². The highest BCUT2D eigenvalue weighted by atomic mass is 79.9. The zero-order valence-electron chi connectivity index (χ0n) is 10.4. The highest BCUT2D eigenvalue weighted by molar-refractivity contribution is 9.11. The van der Waals surface area contributed by atoms with Gasteiger partial charge in [-0.1, -0.05) is 0 Å². The van der Waals surface area contributed by atoms with Crippen molar-refractivity contribution in [3.8, 4) is 6.07 Å². The van der Waals surface area contributed by atoms with Crippen LogP contribution >= 0.6 is 27.3 Å². The van der Waals surface area contributed by atoms with Crippen LogP contribution in [-0.4, -0.2) is 39.0 Å². The molecule has 104 valence electrons. The smallest absolute Gasteiger partial charge is 0.251 e. The summed E-state index contributed by atoms with van der Waals surface area (Å²) in [7, 11) is -1.67. The number of nitriles is 1. The SMILES string of the molecule is CN1CCC(C#N)(NS(=O)(=O)c2ccc(Br)s2)CC1. The lowest BCUT2D eigenvalue weighted by atomic mass is 9.91. The molecule has 0 amide bonds. The highest BCUT2D eigenvalue weighted by Crippen LogP contribution is 2.29. The number of sulfonamides is 1. The molecule has 2 heterocycles. The molecule has 1 aromatic heterocycles. The Labute approximate surface area is 125 Å². The fraction of sp³-hybridized carbons (Fsp3) is 0.545. The molecule has 1 N–H and O–H groups in total. The minimum absolute atomic E-state index is 0.230. The van der Waals surface area contributed by atoms with Gasteiger partial charge in [-0.25, -0.2) is 8.42 Å². The monoisotopic (exact) mass is 363 g/mol. The van der Waals surface area contributed by atoms with Gasteiger partial charge in [0.15, 0.2) is 0 Å². The second kappa shape index (κ2) is 5.50. The standard InChI is InChI=1S/C11H14BrN3O2S2/c1-15-6-4-11(8-13,5-7-15)14-19(16,17)10-3-2-9(12)18-10/h2-3,14H,4-7H2,1H3. The molecule has 2 rings (SSSR count). The summed E-state index contributed by atoms with van der Waals surface area (Å²) in [5.74, 6) is 0. The third-order valence-electron chi connectivity index (χ3n) is 3.20. The second-order valence-electron chi connectivity index (χ2n) is 4.66. The molecule has 1 fully saturated rings. The maximum Gasteiger partial charge on any atom is 0.251 e. The van der Waals surface area contributed by atoms with Crippen molar-refractivity contribution in [2.75, 3.05) is 20.1 Å². The van der Waals surface area contributed by atoms with Crippen molar-refractivity contribution in [2.24, 2.45) is 0 Å². The molecular weight excluding hydrogens is 350 g/mol. The Hall–Kier alpha value is -0.460. The average Bonchev–Trinajstić information content (AvgIpc) is 2.80. The molecule has 0 spiro atoms. The number of rotatable bonds is 3. The van der Waals surface area contributed by atoms with E-state index in [4.69, 9.17) is 0 Å². The lowest BCUT2D eigenvalue weighted by Gasteiger charge is -2.35. The molecule has 0 atom stereocenters. The Morgan fingerprint density at radius 1 is 1.47 bits per heavy atom. The molecule has 8 heteroatoms. The van der Waals surface area contributed by atoms with Crippen LogP contribution in [0.1, 0.15) is 12.8 Å². The number of nitrogens with zero attached hydrogens (tertiary/aromatic N) is 2. The minimum Gasteiger partial charge on any atom is -0.306 e. The van der Waals surface area contributed by atoms with Crippen LogP contribution < -0.4 is 4.72 Å². The number of thiophene rings is 1. The van der Waals surface area contributed by atoms with Gasteiger partial charge < -0.3 is 4.90 Å². The van der Waals surface area contributed by atoms with Crippen molar-refractivity contribution >= 4 is 37.3 Å². The van der Waals surface area contributed by atoms with Gasteiger partial charge in [-0.3, -0.25) is 0 Å². The molecule has 5 nitrogen and oxygen atoms in total. The van der Waals surface area contributed by atoms with Crippen molar-refractivity contribution < 1.29 is 8.42 Å². The largest absolute Gasteiger partial charge is 0.306 e. The van der Waals surface area contributed by atoms with Gasteiger partial charge in [-0.2, -0.15) is 9.98 Å². The van der Waals surface area contributed by atoms with Gasteiger partial charge in [0.1, 0.15) is 9.75 Å². The number of hydrogen-bond acceptors (Lipinski definition) is 5. The average molecular weight is 364 g/mol. The molecule has 1 aliphatic rings. The second-order valence-corrected chi connectivity index (χ2v) is 9.03. The Morgan fingerprint density at radius 3 is 2.58 bits per heavy atom. The molecule has 0 unspecified atom stereocenters. The van der Waals surface area contributed by atoms with Crippen LogP contribution in [0.4, 0.5) is 0 Å². The topological polar surface area (TPSA) is 73.2 Å². The van der Waals surface area contributed by atoms with Crippen molar-refractivity contribution in [3.05, 3.63) is 15.9 Å². The first-order valence-corrected chi connectivity index (χ1v) is 8.85. The van der Waals surface area contributed by atoms with Gasteiger partial charge in [-0.15, -0.1) is 11.3 Å². The van der Waals surface area contributed by atoms with E-state index in [-0.39, 0.29) is 4.21 Å². The van der Waals surface area contributed by atoms with E-state index >= 15 is 0 Å². The molecular formula is C11H14BrN3O2S2. The number of nitrogens with one attached hydrogen (secondary N) is 1. The van der Waals surface area contributed by atoms with Crippen LogP contribution in [0, 0.1) is 11.3 Å². The van der Waals surface area contributed by atoms with Crippen LogP contribution in [0.25, 0.3) is 0 Å². The molecule has 0 aromatic carbocycles. The van der Waals surface area contributed by atoms with Crippen LogP contribution in [0.2, 0.25) is 0 Å². The number of likely N-dealkylation sites (tertiary alicyclic amines) is 1. The van der Waals surface area contributed by atoms with Crippen molar-refractivity contribution in [1.29, 1.82) is 5.26 Å². The van der Waals surface area contributed by atoms with Crippen molar-refractivity contribution in [1.82, 2.24) is 9.62 Å². The zero-order chi connectivity index (χ0) is 14.1. The lowest BCUT2D eigenvalue weighted by Crippen LogP contribution is -2.53. The maximum absolute atomic E-state index is 12.3. The van der Waals surface area contributed by atoms with E-state index in [0.29, 0.717) is 25.9 Å². The first-order valence-electron chi connectivity index (χ1n) is 5.76. The third kappa shape index (κ3) is 3.35. The molecule has 1 saturated heterocycles. The van der Waals surface area contributed by atoms with Gasteiger partial charge in [-0.05, 0) is 48.0 Å². The molecule has 0 bridgehead atoms. The van der Waals surface area contributed by atoms with Gasteiger partial charge in [0.05, 0.1) is 9.86 Å². The van der Waals surface area contributed by atoms with Crippen molar-refractivity contribution in [2.45, 2.75) is 22.6 Å². The first-order chi connectivity index (χ1) is 8.87. The van der Waals surface area contributed by atoms with Crippen LogP contribution in [-0.2, 0) is 10.0 Å². The Balaban J connectivity index is 2.21. The van der Waals surface area contributed by atoms with Crippen LogP contribution in [0.15, 0.2) is 20.1 Å². The van der Waals surface area contributed by atoms with Gasteiger partial charge >= 0.3 is 0 Å². The molecule has 19 heavy (non-hydrogen) atoms. The fourth-order valence-electron chi connectivity index (χ4n) is 1.99. The highest BCUT2D eigenvalue weighted by Gasteiger charge is 2.38. The number of halogens is 1. The third-order valence-corrected chi connectivity index (χ3v) is 6.85. The molecule has 0 radical (unpaired) electrons. The van der Waals surface area contributed by atoms with Crippen LogP contribution in [0.5, 0.6) is 0 Å². The lowest BCUT2D eigenvalue weighted by molar-refractivity contribution is 0.213. The van der Waals surface area contributed by atoms with E-state index in [1.165, 1.54) is 6.07 Å². The normalized spacial score (nSPS) is 20.1. The summed E-state index contributed by atoms with van der Waals surface area (Å²) in [4.78, 5) is 2.09. The van der Waals surface area contributed by atoms with Gasteiger partial charge in [0.2, 0.25) is 0 Å². The van der Waals surface area contributed by atoms with E-state index in [9.17, 15) is 13.7 Å². The summed E-state index contributed by atoms with van der Waals surface area (Å²) < 4.78 is 28.1. The summed E-state index contributed by atoms with van der Waals surface area (Å²) in [6.45, 7) is 1.43. The van der Waals surface area contributed by atoms with E-state index in [0.717, 1.165) is 15.1 Å². The van der Waals surface area contributed by atoms with Gasteiger partial charge in [0, 0.05) is 13.1 Å².